The fourth-order valence-electron chi connectivity index (χ4n) is 3.06. The van der Waals surface area contributed by atoms with E-state index < -0.39 is 0 Å². The van der Waals surface area contributed by atoms with Gasteiger partial charge in [0.05, 0.1) is 21.8 Å². The Labute approximate surface area is 177 Å². The van der Waals surface area contributed by atoms with Crippen molar-refractivity contribution >= 4 is 33.3 Å². The van der Waals surface area contributed by atoms with Gasteiger partial charge in [-0.25, -0.2) is 19.6 Å². The molecular weight excluding hydrogens is 398 g/mol. The van der Waals surface area contributed by atoms with E-state index in [-0.39, 0.29) is 17.6 Å². The summed E-state index contributed by atoms with van der Waals surface area (Å²) in [5, 5.41) is 6.75. The van der Waals surface area contributed by atoms with Crippen LogP contribution < -0.4 is 16.3 Å². The number of fused-ring (bicyclic) bond motifs is 1. The molecule has 0 aliphatic heterocycles. The Morgan fingerprint density at radius 1 is 1.17 bits per heavy atom. The van der Waals surface area contributed by atoms with Crippen LogP contribution in [-0.2, 0) is 6.54 Å². The number of aromatic nitrogens is 3. The number of anilines is 1. The number of rotatable bonds is 6. The first kappa shape index (κ1) is 19.8. The first-order valence-corrected chi connectivity index (χ1v) is 10.4. The van der Waals surface area contributed by atoms with Crippen molar-refractivity contribution in [3.63, 3.8) is 0 Å². The summed E-state index contributed by atoms with van der Waals surface area (Å²) in [6.45, 7) is 2.92. The molecule has 152 valence electrons. The molecule has 0 fully saturated rings. The monoisotopic (exact) mass is 419 g/mol. The van der Waals surface area contributed by atoms with Crippen LogP contribution in [0.3, 0.4) is 0 Å². The van der Waals surface area contributed by atoms with E-state index in [4.69, 9.17) is 0 Å². The number of benzene rings is 2. The molecule has 30 heavy (non-hydrogen) atoms. The fourth-order valence-corrected chi connectivity index (χ4v) is 4.08. The van der Waals surface area contributed by atoms with E-state index in [0.29, 0.717) is 18.8 Å². The molecule has 4 aromatic rings. The van der Waals surface area contributed by atoms with Gasteiger partial charge in [-0.1, -0.05) is 31.2 Å². The molecule has 0 bridgehead atoms. The first-order valence-electron chi connectivity index (χ1n) is 9.59. The molecule has 0 saturated heterocycles. The van der Waals surface area contributed by atoms with E-state index in [2.05, 4.69) is 26.7 Å². The number of nitrogens with zero attached hydrogens (tertiary/aromatic N) is 3. The average Bonchev–Trinajstić information content (AvgIpc) is 3.18. The lowest BCUT2D eigenvalue weighted by atomic mass is 10.2. The second kappa shape index (κ2) is 8.87. The van der Waals surface area contributed by atoms with Gasteiger partial charge in [-0.15, -0.1) is 11.3 Å². The molecule has 8 heteroatoms. The van der Waals surface area contributed by atoms with Crippen molar-refractivity contribution in [2.45, 2.75) is 19.4 Å². The molecule has 7 nitrogen and oxygen atoms in total. The molecule has 1 atom stereocenters. The van der Waals surface area contributed by atoms with Gasteiger partial charge < -0.3 is 10.6 Å². The average molecular weight is 420 g/mol. The van der Waals surface area contributed by atoms with Gasteiger partial charge in [-0.3, -0.25) is 4.57 Å². The molecule has 2 aromatic carbocycles. The standard InChI is InChI=1S/C22H21N5O2S/c1-15(20-26-18-8-2-3-9-19(18)30-20)13-24-21(28)25-17-7-4-6-16(12-17)14-27-11-5-10-23-22(27)29/h2-12,15H,13-14H2,1H3,(H2,24,25,28)/t15-/m0/s1. The van der Waals surface area contributed by atoms with E-state index in [1.165, 1.54) is 10.8 Å². The third kappa shape index (κ3) is 4.72. The SMILES string of the molecule is C[C@@H](CNC(=O)Nc1cccc(Cn2cccnc2=O)c1)c1nc2ccccc2s1. The van der Waals surface area contributed by atoms with Crippen molar-refractivity contribution in [3.05, 3.63) is 88.0 Å². The topological polar surface area (TPSA) is 88.9 Å². The molecule has 2 aromatic heterocycles. The van der Waals surface area contributed by atoms with Crippen LogP contribution in [0.2, 0.25) is 0 Å². The summed E-state index contributed by atoms with van der Waals surface area (Å²) in [4.78, 5) is 32.5. The summed E-state index contributed by atoms with van der Waals surface area (Å²) in [6, 6.07) is 16.9. The van der Waals surface area contributed by atoms with Gasteiger partial charge in [0.2, 0.25) is 0 Å². The highest BCUT2D eigenvalue weighted by Gasteiger charge is 2.13. The van der Waals surface area contributed by atoms with E-state index >= 15 is 0 Å². The van der Waals surface area contributed by atoms with Crippen LogP contribution >= 0.6 is 11.3 Å². The summed E-state index contributed by atoms with van der Waals surface area (Å²) < 4.78 is 2.66. The third-order valence-corrected chi connectivity index (χ3v) is 5.89. The molecule has 0 saturated carbocycles. The van der Waals surface area contributed by atoms with E-state index in [0.717, 1.165) is 20.8 Å². The second-order valence-corrected chi connectivity index (χ2v) is 8.05. The van der Waals surface area contributed by atoms with Crippen LogP contribution in [0.25, 0.3) is 10.2 Å². The van der Waals surface area contributed by atoms with Crippen molar-refractivity contribution in [3.8, 4) is 0 Å². The van der Waals surface area contributed by atoms with Gasteiger partial charge in [-0.05, 0) is 35.9 Å². The zero-order valence-corrected chi connectivity index (χ0v) is 17.2. The predicted molar refractivity (Wildman–Crippen MR) is 119 cm³/mol. The Hall–Kier alpha value is -3.52. The predicted octanol–water partition coefficient (Wildman–Crippen LogP) is 3.83. The first-order chi connectivity index (χ1) is 14.6. The van der Waals surface area contributed by atoms with Crippen molar-refractivity contribution in [2.75, 3.05) is 11.9 Å². The molecule has 0 aliphatic rings. The Morgan fingerprint density at radius 2 is 2.03 bits per heavy atom. The molecule has 0 aliphatic carbocycles. The van der Waals surface area contributed by atoms with Gasteiger partial charge in [0, 0.05) is 30.5 Å². The van der Waals surface area contributed by atoms with Crippen LogP contribution in [-0.4, -0.2) is 27.1 Å². The minimum atomic E-state index is -0.308. The summed E-state index contributed by atoms with van der Waals surface area (Å²) in [7, 11) is 0. The minimum absolute atomic E-state index is 0.108. The molecule has 0 spiro atoms. The van der Waals surface area contributed by atoms with Crippen molar-refractivity contribution < 1.29 is 4.79 Å². The lowest BCUT2D eigenvalue weighted by Crippen LogP contribution is -2.31. The number of thiazole rings is 1. The van der Waals surface area contributed by atoms with Gasteiger partial charge in [-0.2, -0.15) is 0 Å². The van der Waals surface area contributed by atoms with E-state index in [1.54, 1.807) is 23.6 Å². The van der Waals surface area contributed by atoms with Crippen LogP contribution in [0, 0.1) is 0 Å². The van der Waals surface area contributed by atoms with Crippen LogP contribution in [0.5, 0.6) is 0 Å². The quantitative estimate of drug-likeness (QED) is 0.497. The smallest absolute Gasteiger partial charge is 0.337 e. The minimum Gasteiger partial charge on any atom is -0.337 e. The molecule has 2 amide bonds. The molecule has 0 radical (unpaired) electrons. The lowest BCUT2D eigenvalue weighted by molar-refractivity contribution is 0.251. The number of amides is 2. The fraction of sp³-hybridized carbons (Fsp3) is 0.182. The third-order valence-electron chi connectivity index (χ3n) is 4.62. The Balaban J connectivity index is 1.34. The lowest BCUT2D eigenvalue weighted by Gasteiger charge is -2.12. The number of nitrogens with one attached hydrogen (secondary N) is 2. The van der Waals surface area contributed by atoms with Gasteiger partial charge in [0.1, 0.15) is 0 Å². The van der Waals surface area contributed by atoms with Gasteiger partial charge >= 0.3 is 11.7 Å². The van der Waals surface area contributed by atoms with Crippen LogP contribution in [0.15, 0.2) is 71.8 Å². The summed E-state index contributed by atoms with van der Waals surface area (Å²) >= 11 is 1.65. The van der Waals surface area contributed by atoms with E-state index in [9.17, 15) is 9.59 Å². The normalized spacial score (nSPS) is 11.9. The molecule has 0 unspecified atom stereocenters. The van der Waals surface area contributed by atoms with E-state index in [1.807, 2.05) is 49.4 Å². The largest absolute Gasteiger partial charge is 0.347 e. The van der Waals surface area contributed by atoms with Crippen molar-refractivity contribution in [1.29, 1.82) is 0 Å². The van der Waals surface area contributed by atoms with Crippen LogP contribution in [0.4, 0.5) is 10.5 Å². The van der Waals surface area contributed by atoms with Crippen molar-refractivity contribution in [1.82, 2.24) is 19.9 Å². The Kier molecular flexibility index (Phi) is 5.85. The molecule has 2 N–H and O–H groups in total. The number of carbonyl (C=O) groups excluding carboxylic acids is 1. The zero-order valence-electron chi connectivity index (χ0n) is 16.4. The maximum Gasteiger partial charge on any atom is 0.347 e. The van der Waals surface area contributed by atoms with Crippen LogP contribution in [0.1, 0.15) is 23.4 Å². The summed E-state index contributed by atoms with van der Waals surface area (Å²) in [5.74, 6) is 0.108. The molecule has 4 rings (SSSR count). The highest BCUT2D eigenvalue weighted by atomic mass is 32.1. The van der Waals surface area contributed by atoms with Gasteiger partial charge in [0.25, 0.3) is 0 Å². The molecule has 2 heterocycles. The second-order valence-electron chi connectivity index (χ2n) is 6.99. The number of hydrogen-bond donors (Lipinski definition) is 2. The maximum absolute atomic E-state index is 12.3. The molecular formula is C22H21N5O2S. The maximum atomic E-state index is 12.3. The Morgan fingerprint density at radius 3 is 2.87 bits per heavy atom. The number of urea groups is 1. The number of hydrogen-bond acceptors (Lipinski definition) is 5. The zero-order chi connectivity index (χ0) is 20.9. The summed E-state index contributed by atoms with van der Waals surface area (Å²) in [5.41, 5.74) is 2.23. The highest BCUT2D eigenvalue weighted by Crippen LogP contribution is 2.26. The van der Waals surface area contributed by atoms with Gasteiger partial charge in [0.15, 0.2) is 0 Å². The highest BCUT2D eigenvalue weighted by molar-refractivity contribution is 7.18. The van der Waals surface area contributed by atoms with Crippen molar-refractivity contribution in [2.24, 2.45) is 0 Å². The number of carbonyl (C=O) groups is 1. The summed E-state index contributed by atoms with van der Waals surface area (Å²) in [6.07, 6.45) is 3.15. The Bertz CT molecular complexity index is 1200. The number of para-hydroxylation sites is 1.